The molecule has 0 aromatic carbocycles. The Morgan fingerprint density at radius 1 is 0.963 bits per heavy atom. The van der Waals surface area contributed by atoms with Gasteiger partial charge in [-0.2, -0.15) is 0 Å². The minimum Gasteiger partial charge on any atom is -0.465 e. The van der Waals surface area contributed by atoms with Crippen molar-refractivity contribution in [3.63, 3.8) is 0 Å². The van der Waals surface area contributed by atoms with E-state index in [4.69, 9.17) is 9.15 Å². The van der Waals surface area contributed by atoms with Crippen molar-refractivity contribution in [2.45, 2.75) is 54.4 Å². The van der Waals surface area contributed by atoms with Gasteiger partial charge in [0.25, 0.3) is 0 Å². The van der Waals surface area contributed by atoms with E-state index in [1.54, 1.807) is 0 Å². The van der Waals surface area contributed by atoms with E-state index in [2.05, 4.69) is 52.0 Å². The molecule has 2 aliphatic carbocycles. The lowest BCUT2D eigenvalue weighted by atomic mass is 9.95. The van der Waals surface area contributed by atoms with Crippen molar-refractivity contribution in [1.82, 2.24) is 0 Å². The van der Waals surface area contributed by atoms with Crippen LogP contribution in [0, 0.1) is 27.7 Å². The number of carbonyl (C=O) groups is 1. The summed E-state index contributed by atoms with van der Waals surface area (Å²) in [7, 11) is 0. The SMILES string of the molecule is CCOC(=O)c1c(C)oc(C)c1-c1cc(C)c2cc(C(C)C)ccc(C)c1-2. The molecule has 1 heterocycles. The van der Waals surface area contributed by atoms with Gasteiger partial charge in [-0.15, -0.1) is 0 Å². The first-order chi connectivity index (χ1) is 12.8. The molecule has 1 aromatic heterocycles. The van der Waals surface area contributed by atoms with Crippen LogP contribution in [0.15, 0.2) is 28.7 Å². The van der Waals surface area contributed by atoms with Crippen molar-refractivity contribution in [2.24, 2.45) is 0 Å². The fourth-order valence-corrected chi connectivity index (χ4v) is 3.85. The van der Waals surface area contributed by atoms with Crippen LogP contribution < -0.4 is 0 Å². The highest BCUT2D eigenvalue weighted by atomic mass is 16.5. The molecule has 142 valence electrons. The lowest BCUT2D eigenvalue weighted by Crippen LogP contribution is -2.06. The van der Waals surface area contributed by atoms with Gasteiger partial charge < -0.3 is 9.15 Å². The van der Waals surface area contributed by atoms with Gasteiger partial charge in [-0.3, -0.25) is 0 Å². The summed E-state index contributed by atoms with van der Waals surface area (Å²) in [5, 5.41) is 0. The zero-order valence-electron chi connectivity index (χ0n) is 17.3. The Balaban J connectivity index is 2.32. The molecule has 3 heteroatoms. The molecule has 0 bridgehead atoms. The first-order valence-electron chi connectivity index (χ1n) is 9.57. The van der Waals surface area contributed by atoms with Crippen LogP contribution in [-0.4, -0.2) is 12.6 Å². The molecule has 0 saturated heterocycles. The van der Waals surface area contributed by atoms with Crippen LogP contribution in [0.5, 0.6) is 0 Å². The number of esters is 1. The molecule has 0 radical (unpaired) electrons. The number of furan rings is 1. The van der Waals surface area contributed by atoms with Crippen molar-refractivity contribution in [3.05, 3.63) is 58.0 Å². The van der Waals surface area contributed by atoms with Gasteiger partial charge >= 0.3 is 5.97 Å². The predicted octanol–water partition coefficient (Wildman–Crippen LogP) is 6.59. The molecule has 0 atom stereocenters. The summed E-state index contributed by atoms with van der Waals surface area (Å²) in [6.07, 6.45) is 0. The fourth-order valence-electron chi connectivity index (χ4n) is 3.85. The van der Waals surface area contributed by atoms with Crippen molar-refractivity contribution in [1.29, 1.82) is 0 Å². The number of carbonyl (C=O) groups excluding carboxylic acids is 1. The third kappa shape index (κ3) is 3.27. The zero-order chi connectivity index (χ0) is 19.9. The van der Waals surface area contributed by atoms with E-state index in [9.17, 15) is 4.79 Å². The first kappa shape index (κ1) is 19.2. The molecule has 3 nitrogen and oxygen atoms in total. The van der Waals surface area contributed by atoms with E-state index in [0.29, 0.717) is 23.8 Å². The summed E-state index contributed by atoms with van der Waals surface area (Å²) in [6.45, 7) is 14.6. The summed E-state index contributed by atoms with van der Waals surface area (Å²) in [5.41, 5.74) is 8.53. The average molecular weight is 364 g/mol. The molecular formula is C24H28O3. The minimum atomic E-state index is -0.324. The van der Waals surface area contributed by atoms with E-state index in [-0.39, 0.29) is 5.97 Å². The molecule has 2 aliphatic rings. The Morgan fingerprint density at radius 3 is 2.30 bits per heavy atom. The van der Waals surface area contributed by atoms with Gasteiger partial charge in [0.2, 0.25) is 0 Å². The molecule has 0 spiro atoms. The highest BCUT2D eigenvalue weighted by Crippen LogP contribution is 2.45. The predicted molar refractivity (Wildman–Crippen MR) is 110 cm³/mol. The van der Waals surface area contributed by atoms with Crippen LogP contribution in [0.1, 0.15) is 65.3 Å². The van der Waals surface area contributed by atoms with E-state index >= 15 is 0 Å². The molecule has 0 N–H and O–H groups in total. The molecule has 27 heavy (non-hydrogen) atoms. The largest absolute Gasteiger partial charge is 0.465 e. The third-order valence-corrected chi connectivity index (χ3v) is 5.23. The smallest absolute Gasteiger partial charge is 0.342 e. The maximum absolute atomic E-state index is 12.6. The number of fused-ring (bicyclic) bond motifs is 1. The lowest BCUT2D eigenvalue weighted by molar-refractivity contribution is 0.0525. The van der Waals surface area contributed by atoms with Crippen LogP contribution in [0.3, 0.4) is 0 Å². The van der Waals surface area contributed by atoms with Gasteiger partial charge in [0.05, 0.1) is 6.61 Å². The summed E-state index contributed by atoms with van der Waals surface area (Å²) in [4.78, 5) is 12.6. The molecule has 0 fully saturated rings. The highest BCUT2D eigenvalue weighted by Gasteiger charge is 2.28. The molecule has 3 rings (SSSR count). The van der Waals surface area contributed by atoms with Gasteiger partial charge in [0.15, 0.2) is 0 Å². The second kappa shape index (κ2) is 7.22. The zero-order valence-corrected chi connectivity index (χ0v) is 17.3. The maximum Gasteiger partial charge on any atom is 0.342 e. The molecule has 0 unspecified atom stereocenters. The number of hydrogen-bond donors (Lipinski definition) is 0. The van der Waals surface area contributed by atoms with E-state index in [1.165, 1.54) is 27.8 Å². The molecule has 0 amide bonds. The van der Waals surface area contributed by atoms with Gasteiger partial charge in [0.1, 0.15) is 17.1 Å². The van der Waals surface area contributed by atoms with Crippen LogP contribution in [0.4, 0.5) is 0 Å². The third-order valence-electron chi connectivity index (χ3n) is 5.23. The summed E-state index contributed by atoms with van der Waals surface area (Å²) >= 11 is 0. The van der Waals surface area contributed by atoms with Crippen LogP contribution in [0.25, 0.3) is 22.3 Å². The highest BCUT2D eigenvalue weighted by molar-refractivity contribution is 6.03. The Morgan fingerprint density at radius 2 is 1.67 bits per heavy atom. The number of rotatable bonds is 4. The summed E-state index contributed by atoms with van der Waals surface area (Å²) < 4.78 is 11.2. The number of hydrogen-bond acceptors (Lipinski definition) is 3. The normalized spacial score (nSPS) is 11.4. The average Bonchev–Trinajstić information content (AvgIpc) is 2.98. The van der Waals surface area contributed by atoms with Crippen molar-refractivity contribution >= 4 is 5.97 Å². The van der Waals surface area contributed by atoms with Gasteiger partial charge in [-0.05, 0) is 73.9 Å². The molecular weight excluding hydrogens is 336 g/mol. The summed E-state index contributed by atoms with van der Waals surface area (Å²) in [6, 6.07) is 8.82. The number of aryl methyl sites for hydroxylation is 4. The monoisotopic (exact) mass is 364 g/mol. The number of ether oxygens (including phenoxy) is 1. The second-order valence-corrected chi connectivity index (χ2v) is 7.53. The first-order valence-corrected chi connectivity index (χ1v) is 9.57. The fraction of sp³-hybridized carbons (Fsp3) is 0.375. The van der Waals surface area contributed by atoms with E-state index < -0.39 is 0 Å². The Kier molecular flexibility index (Phi) is 5.14. The Labute approximate surface area is 161 Å². The Bertz CT molecular complexity index is 976. The standard InChI is InChI=1S/C24H28O3/c1-8-26-24(25)23-17(7)27-16(6)22(23)20-11-15(5)19-12-18(13(2)3)10-9-14(4)21(19)20/h9-13H,8H2,1-7H3. The maximum atomic E-state index is 12.6. The second-order valence-electron chi connectivity index (χ2n) is 7.53. The minimum absolute atomic E-state index is 0.324. The van der Waals surface area contributed by atoms with E-state index in [1.807, 2.05) is 20.8 Å². The van der Waals surface area contributed by atoms with Gasteiger partial charge in [0, 0.05) is 5.56 Å². The van der Waals surface area contributed by atoms with Crippen molar-refractivity contribution in [2.75, 3.05) is 6.61 Å². The van der Waals surface area contributed by atoms with E-state index in [0.717, 1.165) is 16.9 Å². The molecule has 0 saturated carbocycles. The van der Waals surface area contributed by atoms with Gasteiger partial charge in [-0.25, -0.2) is 4.79 Å². The Hall–Kier alpha value is -2.55. The topological polar surface area (TPSA) is 39.4 Å². The molecule has 1 aromatic rings. The summed E-state index contributed by atoms with van der Waals surface area (Å²) in [5.74, 6) is 1.48. The lowest BCUT2D eigenvalue weighted by Gasteiger charge is -2.08. The van der Waals surface area contributed by atoms with Crippen LogP contribution >= 0.6 is 0 Å². The van der Waals surface area contributed by atoms with Crippen molar-refractivity contribution in [3.8, 4) is 22.3 Å². The van der Waals surface area contributed by atoms with Crippen LogP contribution in [0.2, 0.25) is 0 Å². The van der Waals surface area contributed by atoms with Crippen molar-refractivity contribution < 1.29 is 13.9 Å². The molecule has 0 aliphatic heterocycles. The van der Waals surface area contributed by atoms with Crippen LogP contribution in [-0.2, 0) is 4.74 Å². The quantitative estimate of drug-likeness (QED) is 0.491. The van der Waals surface area contributed by atoms with Gasteiger partial charge in [-0.1, -0.05) is 38.1 Å².